The second-order valence-electron chi connectivity index (χ2n) is 13.5. The summed E-state index contributed by atoms with van der Waals surface area (Å²) in [6.45, 7) is 13.0. The molecular weight excluding hydrogens is 575 g/mol. The topological polar surface area (TPSA) is 88.5 Å². The minimum absolute atomic E-state index is 0.0425. The maximum atomic E-state index is 14.5. The maximum absolute atomic E-state index is 14.5. The normalized spacial score (nSPS) is 19.7. The van der Waals surface area contributed by atoms with Gasteiger partial charge in [-0.15, -0.1) is 0 Å². The third-order valence-electron chi connectivity index (χ3n) is 9.47. The predicted octanol–water partition coefficient (Wildman–Crippen LogP) is 7.56. The first-order chi connectivity index (χ1) is 21.4. The molecule has 1 unspecified atom stereocenters. The zero-order valence-electron chi connectivity index (χ0n) is 28.0. The van der Waals surface area contributed by atoms with Crippen molar-refractivity contribution in [3.05, 3.63) is 47.3 Å². The average molecular weight is 627 g/mol. The van der Waals surface area contributed by atoms with Crippen molar-refractivity contribution in [2.24, 2.45) is 11.3 Å². The molecule has 0 aromatic heterocycles. The van der Waals surface area contributed by atoms with E-state index in [1.54, 1.807) is 26.2 Å². The number of carbonyl (C=O) groups excluding carboxylic acids is 1. The third kappa shape index (κ3) is 7.74. The van der Waals surface area contributed by atoms with Gasteiger partial charge in [0.1, 0.15) is 5.82 Å². The highest BCUT2D eigenvalue weighted by molar-refractivity contribution is 5.95. The van der Waals surface area contributed by atoms with Gasteiger partial charge < -0.3 is 24.2 Å². The molecule has 0 bridgehead atoms. The van der Waals surface area contributed by atoms with Gasteiger partial charge in [0.05, 0.1) is 19.6 Å². The number of aliphatic carboxylic acids is 1. The Morgan fingerprint density at radius 3 is 2.42 bits per heavy atom. The van der Waals surface area contributed by atoms with Crippen LogP contribution in [-0.2, 0) is 9.59 Å². The van der Waals surface area contributed by atoms with Crippen LogP contribution in [0.1, 0.15) is 96.6 Å². The van der Waals surface area contributed by atoms with Gasteiger partial charge in [-0.1, -0.05) is 53.9 Å². The van der Waals surface area contributed by atoms with Crippen LogP contribution < -0.4 is 19.1 Å². The molecule has 9 heteroatoms. The predicted molar refractivity (Wildman–Crippen MR) is 174 cm³/mol. The number of benzene rings is 2. The summed E-state index contributed by atoms with van der Waals surface area (Å²) in [4.78, 5) is 31.5. The monoisotopic (exact) mass is 626 g/mol. The van der Waals surface area contributed by atoms with Crippen LogP contribution in [0.25, 0.3) is 0 Å². The van der Waals surface area contributed by atoms with Gasteiger partial charge in [0, 0.05) is 30.2 Å². The lowest BCUT2D eigenvalue weighted by Gasteiger charge is -2.37. The second-order valence-corrected chi connectivity index (χ2v) is 13.5. The summed E-state index contributed by atoms with van der Waals surface area (Å²) in [6.07, 6.45) is 6.00. The van der Waals surface area contributed by atoms with Crippen LogP contribution in [0.5, 0.6) is 17.2 Å². The quantitative estimate of drug-likeness (QED) is 0.218. The number of carboxylic acid groups (broad SMARTS) is 1. The van der Waals surface area contributed by atoms with Gasteiger partial charge in [-0.3, -0.25) is 14.5 Å². The first-order valence-electron chi connectivity index (χ1n) is 16.5. The molecule has 248 valence electrons. The first-order valence-corrected chi connectivity index (χ1v) is 16.5. The van der Waals surface area contributed by atoms with E-state index in [-0.39, 0.29) is 42.6 Å². The fourth-order valence-corrected chi connectivity index (χ4v) is 7.45. The SMILES string of the molecule is CCCC(CCC)N(C(=O)CN1C[C@H](c2cc(OC)c3c(c2)OCO3)C(C(=O)O)[C@@H]1CC(C)(C)CCC)c1ccc(F)c(C)c1. The molecule has 2 aromatic carbocycles. The Morgan fingerprint density at radius 1 is 1.11 bits per heavy atom. The summed E-state index contributed by atoms with van der Waals surface area (Å²) >= 11 is 0. The molecule has 1 fully saturated rings. The molecule has 2 heterocycles. The standard InChI is InChI=1S/C36H51FN2O6/c1-8-11-25(12-9-2)39(26-13-14-28(37)23(4)16-26)32(40)21-38-20-27(24-17-30(43-7)34-31(18-24)44-22-45-34)33(35(41)42)29(38)19-36(5,6)15-10-3/h13-14,16-18,25,27,29,33H,8-12,15,19-22H2,1-7H3,(H,41,42)/t27-,29+,33?/m1/s1. The smallest absolute Gasteiger partial charge is 0.308 e. The van der Waals surface area contributed by atoms with E-state index in [0.717, 1.165) is 44.1 Å². The molecule has 0 saturated carbocycles. The van der Waals surface area contributed by atoms with Crippen molar-refractivity contribution in [1.82, 2.24) is 4.90 Å². The lowest BCUT2D eigenvalue weighted by atomic mass is 9.76. The number of nitrogens with zero attached hydrogens (tertiary/aromatic N) is 2. The van der Waals surface area contributed by atoms with Gasteiger partial charge in [-0.25, -0.2) is 4.39 Å². The number of hydrogen-bond donors (Lipinski definition) is 1. The van der Waals surface area contributed by atoms with Crippen LogP contribution in [0, 0.1) is 24.1 Å². The molecule has 45 heavy (non-hydrogen) atoms. The number of anilines is 1. The van der Waals surface area contributed by atoms with Crippen LogP contribution in [0.4, 0.5) is 10.1 Å². The molecule has 4 rings (SSSR count). The van der Waals surface area contributed by atoms with Crippen molar-refractivity contribution in [3.8, 4) is 17.2 Å². The number of aryl methyl sites for hydroxylation is 1. The lowest BCUT2D eigenvalue weighted by Crippen LogP contribution is -2.48. The molecule has 0 aliphatic carbocycles. The Morgan fingerprint density at radius 2 is 1.82 bits per heavy atom. The number of methoxy groups -OCH3 is 1. The number of carboxylic acids is 1. The summed E-state index contributed by atoms with van der Waals surface area (Å²) in [5.74, 6) is -0.886. The molecule has 1 saturated heterocycles. The van der Waals surface area contributed by atoms with Gasteiger partial charge in [0.15, 0.2) is 11.5 Å². The number of hydrogen-bond acceptors (Lipinski definition) is 6. The fourth-order valence-electron chi connectivity index (χ4n) is 7.45. The summed E-state index contributed by atoms with van der Waals surface area (Å²) in [5.41, 5.74) is 1.83. The molecule has 1 amide bonds. The first kappa shape index (κ1) is 34.5. The lowest BCUT2D eigenvalue weighted by molar-refractivity contribution is -0.143. The van der Waals surface area contributed by atoms with E-state index in [1.807, 2.05) is 17.0 Å². The van der Waals surface area contributed by atoms with E-state index < -0.39 is 17.8 Å². The number of ether oxygens (including phenoxy) is 3. The van der Waals surface area contributed by atoms with Crippen molar-refractivity contribution in [3.63, 3.8) is 0 Å². The van der Waals surface area contributed by atoms with Gasteiger partial charge in [-0.2, -0.15) is 0 Å². The Labute approximate surface area is 267 Å². The number of fused-ring (bicyclic) bond motifs is 1. The number of amides is 1. The van der Waals surface area contributed by atoms with Crippen LogP contribution in [0.3, 0.4) is 0 Å². The highest BCUT2D eigenvalue weighted by Gasteiger charge is 2.49. The van der Waals surface area contributed by atoms with Crippen molar-refractivity contribution >= 4 is 17.6 Å². The Bertz CT molecular complexity index is 1340. The van der Waals surface area contributed by atoms with Gasteiger partial charge in [-0.05, 0) is 79.5 Å². The van der Waals surface area contributed by atoms with Crippen molar-refractivity contribution in [2.75, 3.05) is 31.9 Å². The maximum Gasteiger partial charge on any atom is 0.308 e. The van der Waals surface area contributed by atoms with Gasteiger partial charge >= 0.3 is 5.97 Å². The van der Waals surface area contributed by atoms with E-state index in [0.29, 0.717) is 41.5 Å². The highest BCUT2D eigenvalue weighted by atomic mass is 19.1. The molecule has 2 aliphatic rings. The van der Waals surface area contributed by atoms with Crippen molar-refractivity contribution < 1.29 is 33.3 Å². The molecule has 2 aliphatic heterocycles. The largest absolute Gasteiger partial charge is 0.493 e. The third-order valence-corrected chi connectivity index (χ3v) is 9.47. The Hall–Kier alpha value is -3.33. The van der Waals surface area contributed by atoms with E-state index in [1.165, 1.54) is 6.07 Å². The molecular formula is C36H51FN2O6. The fraction of sp³-hybridized carbons (Fsp3) is 0.611. The second kappa shape index (κ2) is 14.8. The highest BCUT2D eigenvalue weighted by Crippen LogP contribution is 2.48. The average Bonchev–Trinajstić information content (AvgIpc) is 3.59. The Balaban J connectivity index is 1.76. The van der Waals surface area contributed by atoms with Crippen LogP contribution in [0.15, 0.2) is 30.3 Å². The van der Waals surface area contributed by atoms with Gasteiger partial charge in [0.25, 0.3) is 0 Å². The van der Waals surface area contributed by atoms with E-state index in [4.69, 9.17) is 14.2 Å². The van der Waals surface area contributed by atoms with E-state index in [9.17, 15) is 19.1 Å². The number of carbonyl (C=O) groups is 2. The van der Waals surface area contributed by atoms with E-state index in [2.05, 4.69) is 39.5 Å². The van der Waals surface area contributed by atoms with E-state index >= 15 is 0 Å². The summed E-state index contributed by atoms with van der Waals surface area (Å²) in [5, 5.41) is 10.7. The molecule has 8 nitrogen and oxygen atoms in total. The summed E-state index contributed by atoms with van der Waals surface area (Å²) in [7, 11) is 1.56. The number of likely N-dealkylation sites (tertiary alicyclic amines) is 1. The summed E-state index contributed by atoms with van der Waals surface area (Å²) in [6, 6.07) is 8.15. The minimum atomic E-state index is -0.885. The Kier molecular flexibility index (Phi) is 11.4. The van der Waals surface area contributed by atoms with Crippen molar-refractivity contribution in [1.29, 1.82) is 0 Å². The zero-order valence-corrected chi connectivity index (χ0v) is 28.0. The zero-order chi connectivity index (χ0) is 32.9. The number of halogens is 1. The molecule has 0 radical (unpaired) electrons. The molecule has 3 atom stereocenters. The number of rotatable bonds is 15. The van der Waals surface area contributed by atoms with Crippen LogP contribution >= 0.6 is 0 Å². The van der Waals surface area contributed by atoms with Crippen molar-refractivity contribution in [2.45, 2.75) is 104 Å². The molecule has 2 aromatic rings. The molecule has 1 N–H and O–H groups in total. The van der Waals surface area contributed by atoms with Crippen LogP contribution in [0.2, 0.25) is 0 Å². The van der Waals surface area contributed by atoms with Gasteiger partial charge in [0.2, 0.25) is 18.4 Å². The van der Waals surface area contributed by atoms with Crippen LogP contribution in [-0.4, -0.2) is 61.0 Å². The summed E-state index contributed by atoms with van der Waals surface area (Å²) < 4.78 is 31.2. The minimum Gasteiger partial charge on any atom is -0.493 e. The molecule has 0 spiro atoms.